The van der Waals surface area contributed by atoms with Crippen LogP contribution in [0.25, 0.3) is 0 Å². The van der Waals surface area contributed by atoms with E-state index in [1.165, 1.54) is 10.1 Å². The van der Waals surface area contributed by atoms with Crippen molar-refractivity contribution >= 4 is 29.2 Å². The number of aryl methyl sites for hydroxylation is 1. The van der Waals surface area contributed by atoms with E-state index in [2.05, 4.69) is 30.2 Å². The maximum absolute atomic E-state index is 13.4. The van der Waals surface area contributed by atoms with Crippen molar-refractivity contribution < 1.29 is 9.53 Å². The monoisotopic (exact) mass is 500 g/mol. The summed E-state index contributed by atoms with van der Waals surface area (Å²) in [6, 6.07) is 5.97. The summed E-state index contributed by atoms with van der Waals surface area (Å²) < 4.78 is 7.34. The number of hydrogen-bond donors (Lipinski definition) is 1. The van der Waals surface area contributed by atoms with Crippen molar-refractivity contribution in [3.8, 4) is 0 Å². The lowest BCUT2D eigenvalue weighted by Crippen LogP contribution is -2.43. The van der Waals surface area contributed by atoms with Gasteiger partial charge in [-0.3, -0.25) is 9.36 Å². The second kappa shape index (κ2) is 12.0. The van der Waals surface area contributed by atoms with E-state index in [0.29, 0.717) is 18.8 Å². The largest absolute Gasteiger partial charge is 0.466 e. The van der Waals surface area contributed by atoms with Crippen molar-refractivity contribution in [3.63, 3.8) is 0 Å². The lowest BCUT2D eigenvalue weighted by Gasteiger charge is -2.18. The van der Waals surface area contributed by atoms with Gasteiger partial charge in [-0.1, -0.05) is 37.6 Å². The van der Waals surface area contributed by atoms with Gasteiger partial charge in [-0.05, 0) is 73.9 Å². The third kappa shape index (κ3) is 7.18. The van der Waals surface area contributed by atoms with E-state index in [1.54, 1.807) is 6.92 Å². The van der Waals surface area contributed by atoms with Crippen LogP contribution >= 0.6 is 11.6 Å². The van der Waals surface area contributed by atoms with Crippen LogP contribution in [0.1, 0.15) is 51.2 Å². The zero-order chi connectivity index (χ0) is 25.5. The molecule has 1 aromatic carbocycles. The first-order valence-electron chi connectivity index (χ1n) is 12.0. The fraction of sp³-hybridized carbons (Fsp3) is 0.462. The van der Waals surface area contributed by atoms with Crippen LogP contribution in [0.2, 0.25) is 0 Å². The Morgan fingerprint density at radius 2 is 1.97 bits per heavy atom. The number of nitrogens with zero attached hydrogens (tertiary/aromatic N) is 3. The van der Waals surface area contributed by atoms with Crippen molar-refractivity contribution in [2.24, 2.45) is 5.92 Å². The average Bonchev–Trinajstić information content (AvgIpc) is 2.79. The zero-order valence-electron chi connectivity index (χ0n) is 20.8. The van der Waals surface area contributed by atoms with Crippen molar-refractivity contribution in [3.05, 3.63) is 73.1 Å². The minimum atomic E-state index is -0.716. The van der Waals surface area contributed by atoms with E-state index in [-0.39, 0.29) is 32.1 Å². The minimum Gasteiger partial charge on any atom is -0.466 e. The van der Waals surface area contributed by atoms with Gasteiger partial charge in [-0.2, -0.15) is 4.98 Å². The summed E-state index contributed by atoms with van der Waals surface area (Å²) in [5.41, 5.74) is 2.84. The molecular weight excluding hydrogens is 468 g/mol. The number of esters is 1. The molecule has 2 aromatic rings. The summed E-state index contributed by atoms with van der Waals surface area (Å²) in [6.07, 6.45) is 5.98. The van der Waals surface area contributed by atoms with Crippen molar-refractivity contribution in [2.75, 3.05) is 11.9 Å². The van der Waals surface area contributed by atoms with E-state index < -0.39 is 17.3 Å². The van der Waals surface area contributed by atoms with Gasteiger partial charge in [0.1, 0.15) is 0 Å². The third-order valence-corrected chi connectivity index (χ3v) is 6.08. The quantitative estimate of drug-likeness (QED) is 0.484. The van der Waals surface area contributed by atoms with Crippen LogP contribution in [0, 0.1) is 12.8 Å². The number of benzene rings is 1. The van der Waals surface area contributed by atoms with Gasteiger partial charge in [0, 0.05) is 17.3 Å². The zero-order valence-corrected chi connectivity index (χ0v) is 21.5. The summed E-state index contributed by atoms with van der Waals surface area (Å²) in [4.78, 5) is 42.1. The molecule has 1 N–H and O–H groups in total. The highest BCUT2D eigenvalue weighted by Gasteiger charge is 2.17. The first kappa shape index (κ1) is 26.5. The van der Waals surface area contributed by atoms with Crippen LogP contribution in [-0.4, -0.2) is 26.7 Å². The molecule has 188 valence electrons. The standard InChI is InChI=1S/C26H33ClN4O4/c1-5-35-23(32)12-13-30-25(33)29-24(28-22-11-8-20(14-17(2)3)18(4)15-22)31(26(30)34)16-19-6-9-21(27)10-7-19/h6,8-9,11,15,17H,5,7,10,12-14,16H2,1-4H3,(H,28,29,33). The van der Waals surface area contributed by atoms with Gasteiger partial charge < -0.3 is 10.1 Å². The molecule has 0 saturated carbocycles. The molecule has 9 heteroatoms. The Morgan fingerprint density at radius 3 is 2.60 bits per heavy atom. The second-order valence-electron chi connectivity index (χ2n) is 9.10. The lowest BCUT2D eigenvalue weighted by molar-refractivity contribution is -0.143. The molecule has 0 aliphatic heterocycles. The number of aromatic nitrogens is 3. The normalized spacial score (nSPS) is 13.4. The van der Waals surface area contributed by atoms with Crippen LogP contribution < -0.4 is 16.7 Å². The molecule has 0 unspecified atom stereocenters. The van der Waals surface area contributed by atoms with Gasteiger partial charge in [-0.15, -0.1) is 0 Å². The Balaban J connectivity index is 1.98. The fourth-order valence-corrected chi connectivity index (χ4v) is 4.11. The molecule has 35 heavy (non-hydrogen) atoms. The molecule has 0 fully saturated rings. The number of ether oxygens (including phenoxy) is 1. The topological polar surface area (TPSA) is 95.2 Å². The molecular formula is C26H33ClN4O4. The molecule has 0 bridgehead atoms. The molecule has 1 aliphatic rings. The van der Waals surface area contributed by atoms with E-state index in [0.717, 1.165) is 32.8 Å². The van der Waals surface area contributed by atoms with Crippen LogP contribution in [0.5, 0.6) is 0 Å². The van der Waals surface area contributed by atoms with Crippen molar-refractivity contribution in [1.29, 1.82) is 0 Å². The predicted octanol–water partition coefficient (Wildman–Crippen LogP) is 4.45. The van der Waals surface area contributed by atoms with Crippen molar-refractivity contribution in [2.45, 2.75) is 66.5 Å². The van der Waals surface area contributed by atoms with E-state index in [4.69, 9.17) is 16.3 Å². The number of carbonyl (C=O) groups excluding carboxylic acids is 1. The van der Waals surface area contributed by atoms with Gasteiger partial charge in [0.05, 0.1) is 19.6 Å². The lowest BCUT2D eigenvalue weighted by atomic mass is 9.98. The van der Waals surface area contributed by atoms with Crippen LogP contribution in [0.15, 0.2) is 50.5 Å². The number of hydrogen-bond acceptors (Lipinski definition) is 6. The molecule has 0 spiro atoms. The van der Waals surface area contributed by atoms with Gasteiger partial charge in [-0.25, -0.2) is 14.2 Å². The van der Waals surface area contributed by atoms with Crippen LogP contribution in [0.3, 0.4) is 0 Å². The molecule has 0 saturated heterocycles. The molecule has 3 rings (SSSR count). The number of rotatable bonds is 10. The van der Waals surface area contributed by atoms with Crippen molar-refractivity contribution in [1.82, 2.24) is 14.1 Å². The molecule has 1 heterocycles. The van der Waals surface area contributed by atoms with Gasteiger partial charge in [0.25, 0.3) is 0 Å². The highest BCUT2D eigenvalue weighted by molar-refractivity contribution is 6.29. The number of halogens is 1. The summed E-state index contributed by atoms with van der Waals surface area (Å²) >= 11 is 6.09. The molecule has 0 atom stereocenters. The van der Waals surface area contributed by atoms with Crippen LogP contribution in [-0.2, 0) is 29.0 Å². The molecule has 1 aromatic heterocycles. The third-order valence-electron chi connectivity index (χ3n) is 5.77. The number of carbonyl (C=O) groups is 1. The summed E-state index contributed by atoms with van der Waals surface area (Å²) in [5.74, 6) is 0.220. The smallest absolute Gasteiger partial charge is 0.354 e. The predicted molar refractivity (Wildman–Crippen MR) is 138 cm³/mol. The molecule has 0 radical (unpaired) electrons. The van der Waals surface area contributed by atoms with E-state index in [9.17, 15) is 14.4 Å². The summed E-state index contributed by atoms with van der Waals surface area (Å²) in [7, 11) is 0. The Hall–Kier alpha value is -3.13. The number of anilines is 2. The average molecular weight is 501 g/mol. The molecule has 1 aliphatic carbocycles. The van der Waals surface area contributed by atoms with Gasteiger partial charge in [0.2, 0.25) is 5.95 Å². The first-order valence-corrected chi connectivity index (χ1v) is 12.3. The minimum absolute atomic E-state index is 0.0883. The maximum atomic E-state index is 13.4. The Morgan fingerprint density at radius 1 is 1.20 bits per heavy atom. The van der Waals surface area contributed by atoms with Crippen LogP contribution in [0.4, 0.5) is 11.6 Å². The first-order chi connectivity index (χ1) is 16.7. The summed E-state index contributed by atoms with van der Waals surface area (Å²) in [6.45, 7) is 8.48. The second-order valence-corrected chi connectivity index (χ2v) is 9.58. The maximum Gasteiger partial charge on any atom is 0.354 e. The molecule has 0 amide bonds. The van der Waals surface area contributed by atoms with Gasteiger partial charge in [0.15, 0.2) is 0 Å². The summed E-state index contributed by atoms with van der Waals surface area (Å²) in [5, 5.41) is 3.92. The highest BCUT2D eigenvalue weighted by Crippen LogP contribution is 2.24. The fourth-order valence-electron chi connectivity index (χ4n) is 3.96. The SMILES string of the molecule is CCOC(=O)CCn1c(=O)nc(Nc2ccc(CC(C)C)c(C)c2)n(CC2=CC=C(Cl)CC2)c1=O. The number of allylic oxidation sites excluding steroid dienone is 4. The number of nitrogens with one attached hydrogen (secondary N) is 1. The highest BCUT2D eigenvalue weighted by atomic mass is 35.5. The molecule has 8 nitrogen and oxygen atoms in total. The Kier molecular flexibility index (Phi) is 9.09. The Labute approximate surface area is 210 Å². The van der Waals surface area contributed by atoms with E-state index in [1.807, 2.05) is 31.2 Å². The van der Waals surface area contributed by atoms with E-state index >= 15 is 0 Å². The Bertz CT molecular complexity index is 1260. The van der Waals surface area contributed by atoms with Gasteiger partial charge >= 0.3 is 17.3 Å².